The number of benzene rings is 3. The molecule has 3 aromatic carbocycles. The minimum atomic E-state index is -0.513. The summed E-state index contributed by atoms with van der Waals surface area (Å²) in [4.78, 5) is 24.3. The molecule has 3 aromatic rings. The Morgan fingerprint density at radius 3 is 2.37 bits per heavy atom. The molecule has 1 atom stereocenters. The predicted molar refractivity (Wildman–Crippen MR) is 135 cm³/mol. The molecule has 0 fully saturated rings. The summed E-state index contributed by atoms with van der Waals surface area (Å²) in [5, 5.41) is 15.4. The first-order valence-electron chi connectivity index (χ1n) is 11.0. The Hall–Kier alpha value is -4.53. The lowest BCUT2D eigenvalue weighted by atomic mass is 10.1. The van der Waals surface area contributed by atoms with E-state index < -0.39 is 6.03 Å². The summed E-state index contributed by atoms with van der Waals surface area (Å²) in [6.45, 7) is 2.10. The summed E-state index contributed by atoms with van der Waals surface area (Å²) in [6.07, 6.45) is 0. The van der Waals surface area contributed by atoms with Crippen molar-refractivity contribution in [2.45, 2.75) is 19.6 Å². The molecule has 0 aromatic heterocycles. The van der Waals surface area contributed by atoms with E-state index in [1.54, 1.807) is 31.4 Å². The van der Waals surface area contributed by atoms with E-state index in [9.17, 15) is 9.59 Å². The molecule has 0 aliphatic heterocycles. The number of nitrogen functional groups attached to an aromatic ring is 1. The van der Waals surface area contributed by atoms with Gasteiger partial charge in [0.15, 0.2) is 0 Å². The normalized spacial score (nSPS) is 11.1. The number of amides is 3. The minimum Gasteiger partial charge on any atom is -0.497 e. The summed E-state index contributed by atoms with van der Waals surface area (Å²) >= 11 is 0. The molecule has 0 spiro atoms. The molecule has 0 heterocycles. The first-order chi connectivity index (χ1) is 16.8. The number of carbonyl (C=O) groups is 2. The zero-order chi connectivity index (χ0) is 25.2. The Morgan fingerprint density at radius 2 is 1.71 bits per heavy atom. The summed E-state index contributed by atoms with van der Waals surface area (Å²) < 4.78 is 11.0. The lowest BCUT2D eigenvalue weighted by Crippen LogP contribution is -2.39. The number of carbonyl (C=O) groups excluding carboxylic acids is 2. The Labute approximate surface area is 204 Å². The first-order valence-corrected chi connectivity index (χ1v) is 11.0. The van der Waals surface area contributed by atoms with Crippen LogP contribution in [0.1, 0.15) is 29.7 Å². The lowest BCUT2D eigenvalue weighted by Gasteiger charge is -2.16. The second kappa shape index (κ2) is 12.1. The molecule has 9 heteroatoms. The minimum absolute atomic E-state index is 0.0535. The van der Waals surface area contributed by atoms with Crippen molar-refractivity contribution < 1.29 is 19.1 Å². The van der Waals surface area contributed by atoms with Gasteiger partial charge in [-0.25, -0.2) is 4.79 Å². The summed E-state index contributed by atoms with van der Waals surface area (Å²) in [6, 6.07) is 20.9. The number of ether oxygens (including phenoxy) is 2. The molecule has 0 aliphatic rings. The fraction of sp³-hybridized carbons (Fsp3) is 0.192. The van der Waals surface area contributed by atoms with E-state index >= 15 is 0 Å². The van der Waals surface area contributed by atoms with E-state index in [4.69, 9.17) is 20.6 Å². The number of hydrogen-bond donors (Lipinski definition) is 5. The van der Waals surface area contributed by atoms with Crippen molar-refractivity contribution in [3.8, 4) is 11.5 Å². The molecule has 0 aliphatic carbocycles. The number of amidine groups is 1. The van der Waals surface area contributed by atoms with Gasteiger partial charge in [-0.1, -0.05) is 24.3 Å². The molecule has 0 bridgehead atoms. The van der Waals surface area contributed by atoms with Crippen LogP contribution in [0.2, 0.25) is 0 Å². The van der Waals surface area contributed by atoms with Crippen molar-refractivity contribution in [2.75, 3.05) is 19.0 Å². The highest BCUT2D eigenvalue weighted by atomic mass is 16.5. The molecular formula is C26H29N5O4. The van der Waals surface area contributed by atoms with Gasteiger partial charge in [-0.15, -0.1) is 0 Å². The van der Waals surface area contributed by atoms with Crippen LogP contribution in [-0.2, 0) is 11.4 Å². The topological polar surface area (TPSA) is 139 Å². The van der Waals surface area contributed by atoms with E-state index in [2.05, 4.69) is 16.0 Å². The number of rotatable bonds is 10. The molecule has 9 nitrogen and oxygen atoms in total. The number of urea groups is 1. The average molecular weight is 476 g/mol. The van der Waals surface area contributed by atoms with E-state index in [1.807, 2.05) is 55.5 Å². The van der Waals surface area contributed by atoms with Gasteiger partial charge in [-0.2, -0.15) is 0 Å². The third-order valence-electron chi connectivity index (χ3n) is 5.16. The molecule has 3 amide bonds. The molecule has 0 saturated heterocycles. The Kier molecular flexibility index (Phi) is 8.66. The molecule has 1 unspecified atom stereocenters. The second-order valence-corrected chi connectivity index (χ2v) is 7.80. The van der Waals surface area contributed by atoms with Gasteiger partial charge in [0.2, 0.25) is 5.91 Å². The van der Waals surface area contributed by atoms with Crippen LogP contribution in [-0.4, -0.2) is 31.4 Å². The van der Waals surface area contributed by atoms with E-state index in [0.717, 1.165) is 16.9 Å². The number of methoxy groups -OCH3 is 1. The van der Waals surface area contributed by atoms with Crippen LogP contribution < -0.4 is 31.2 Å². The zero-order valence-corrected chi connectivity index (χ0v) is 19.6. The summed E-state index contributed by atoms with van der Waals surface area (Å²) in [5.41, 5.74) is 8.39. The number of nitrogens with one attached hydrogen (secondary N) is 4. The van der Waals surface area contributed by atoms with Gasteiger partial charge in [0, 0.05) is 11.3 Å². The van der Waals surface area contributed by atoms with Gasteiger partial charge in [0.25, 0.3) is 0 Å². The van der Waals surface area contributed by atoms with Crippen molar-refractivity contribution in [3.63, 3.8) is 0 Å². The smallest absolute Gasteiger partial charge is 0.319 e. The third-order valence-corrected chi connectivity index (χ3v) is 5.16. The average Bonchev–Trinajstić information content (AvgIpc) is 2.87. The number of anilines is 1. The standard InChI is InChI=1S/C26H29N5O4/c1-17(19-8-12-22(13-9-19)35-16-18-4-3-5-23(14-18)34-2)30-24(32)15-29-26(33)31-21-10-6-20(7-11-21)25(27)28/h3-14,17H,15-16H2,1-2H3,(H3,27,28)(H,30,32)(H2,29,31,33). The molecule has 35 heavy (non-hydrogen) atoms. The van der Waals surface area contributed by atoms with Crippen LogP contribution in [0.15, 0.2) is 72.8 Å². The third kappa shape index (κ3) is 7.78. The quantitative estimate of drug-likeness (QED) is 0.225. The number of hydrogen-bond acceptors (Lipinski definition) is 5. The first kappa shape index (κ1) is 25.1. The van der Waals surface area contributed by atoms with Crippen molar-refractivity contribution >= 4 is 23.5 Å². The van der Waals surface area contributed by atoms with Gasteiger partial charge in [0.1, 0.15) is 23.9 Å². The SMILES string of the molecule is COc1cccc(COc2ccc(C(C)NC(=O)CNC(=O)Nc3ccc(C(=N)N)cc3)cc2)c1. The van der Waals surface area contributed by atoms with Crippen molar-refractivity contribution in [1.82, 2.24) is 10.6 Å². The van der Waals surface area contributed by atoms with E-state index in [1.165, 1.54) is 0 Å². The predicted octanol–water partition coefficient (Wildman–Crippen LogP) is 3.56. The fourth-order valence-electron chi connectivity index (χ4n) is 3.23. The van der Waals surface area contributed by atoms with Crippen molar-refractivity contribution in [2.24, 2.45) is 5.73 Å². The molecular weight excluding hydrogens is 446 g/mol. The van der Waals surface area contributed by atoms with E-state index in [0.29, 0.717) is 23.6 Å². The maximum absolute atomic E-state index is 12.3. The molecule has 0 saturated carbocycles. The Balaban J connectivity index is 1.42. The largest absolute Gasteiger partial charge is 0.497 e. The Morgan fingerprint density at radius 1 is 1.00 bits per heavy atom. The maximum atomic E-state index is 12.3. The molecule has 182 valence electrons. The summed E-state index contributed by atoms with van der Waals surface area (Å²) in [5.74, 6) is 1.12. The van der Waals surface area contributed by atoms with Gasteiger partial charge >= 0.3 is 6.03 Å². The van der Waals surface area contributed by atoms with Gasteiger partial charge < -0.3 is 31.2 Å². The monoisotopic (exact) mass is 475 g/mol. The highest BCUT2D eigenvalue weighted by Gasteiger charge is 2.11. The molecule has 6 N–H and O–H groups in total. The van der Waals surface area contributed by atoms with Gasteiger partial charge in [-0.3, -0.25) is 10.2 Å². The van der Waals surface area contributed by atoms with Crippen LogP contribution in [0.5, 0.6) is 11.5 Å². The zero-order valence-electron chi connectivity index (χ0n) is 19.6. The molecule has 3 rings (SSSR count). The lowest BCUT2D eigenvalue weighted by molar-refractivity contribution is -0.120. The van der Waals surface area contributed by atoms with Gasteiger partial charge in [-0.05, 0) is 66.6 Å². The highest BCUT2D eigenvalue weighted by Crippen LogP contribution is 2.20. The maximum Gasteiger partial charge on any atom is 0.319 e. The Bertz CT molecular complexity index is 1160. The van der Waals surface area contributed by atoms with Gasteiger partial charge in [0.05, 0.1) is 19.7 Å². The van der Waals surface area contributed by atoms with Crippen molar-refractivity contribution in [1.29, 1.82) is 5.41 Å². The van der Waals surface area contributed by atoms with Crippen LogP contribution in [0, 0.1) is 5.41 Å². The van der Waals surface area contributed by atoms with Crippen LogP contribution in [0.25, 0.3) is 0 Å². The molecule has 0 radical (unpaired) electrons. The number of nitrogens with two attached hydrogens (primary N) is 1. The second-order valence-electron chi connectivity index (χ2n) is 7.80. The fourth-order valence-corrected chi connectivity index (χ4v) is 3.23. The summed E-state index contributed by atoms with van der Waals surface area (Å²) in [7, 11) is 1.63. The van der Waals surface area contributed by atoms with Crippen LogP contribution in [0.4, 0.5) is 10.5 Å². The van der Waals surface area contributed by atoms with Crippen LogP contribution >= 0.6 is 0 Å². The van der Waals surface area contributed by atoms with Crippen molar-refractivity contribution in [3.05, 3.63) is 89.5 Å². The highest BCUT2D eigenvalue weighted by molar-refractivity contribution is 5.96. The van der Waals surface area contributed by atoms with E-state index in [-0.39, 0.29) is 24.3 Å². The van der Waals surface area contributed by atoms with Crippen LogP contribution in [0.3, 0.4) is 0 Å².